The summed E-state index contributed by atoms with van der Waals surface area (Å²) < 4.78 is 0. The van der Waals surface area contributed by atoms with Gasteiger partial charge in [0.1, 0.15) is 0 Å². The maximum atomic E-state index is 12.6. The predicted octanol–water partition coefficient (Wildman–Crippen LogP) is 3.06. The molecule has 1 heterocycles. The van der Waals surface area contributed by atoms with Gasteiger partial charge in [0.15, 0.2) is 0 Å². The summed E-state index contributed by atoms with van der Waals surface area (Å²) in [6, 6.07) is 0.382. The molecule has 4 nitrogen and oxygen atoms in total. The summed E-state index contributed by atoms with van der Waals surface area (Å²) >= 11 is 0. The molecule has 0 aromatic carbocycles. The molecule has 1 saturated carbocycles. The van der Waals surface area contributed by atoms with Gasteiger partial charge >= 0.3 is 0 Å². The van der Waals surface area contributed by atoms with E-state index in [0.29, 0.717) is 24.9 Å². The van der Waals surface area contributed by atoms with Crippen LogP contribution in [0, 0.1) is 11.8 Å². The topological polar surface area (TPSA) is 40.6 Å². The lowest BCUT2D eigenvalue weighted by Gasteiger charge is -2.28. The Morgan fingerprint density at radius 3 is 2.50 bits per heavy atom. The molecule has 1 saturated heterocycles. The van der Waals surface area contributed by atoms with E-state index in [4.69, 9.17) is 0 Å². The van der Waals surface area contributed by atoms with Crippen molar-refractivity contribution < 1.29 is 9.59 Å². The van der Waals surface area contributed by atoms with Crippen LogP contribution in [0.5, 0.6) is 0 Å². The monoisotopic (exact) mass is 308 g/mol. The number of rotatable bonds is 5. The van der Waals surface area contributed by atoms with E-state index in [0.717, 1.165) is 25.8 Å². The van der Waals surface area contributed by atoms with Crippen molar-refractivity contribution in [2.45, 2.75) is 71.3 Å². The highest BCUT2D eigenvalue weighted by molar-refractivity contribution is 5.89. The van der Waals surface area contributed by atoms with Crippen molar-refractivity contribution in [1.82, 2.24) is 9.80 Å². The first-order chi connectivity index (χ1) is 10.5. The maximum Gasteiger partial charge on any atom is 0.227 e. The summed E-state index contributed by atoms with van der Waals surface area (Å²) in [5, 5.41) is 0. The zero-order chi connectivity index (χ0) is 16.1. The van der Waals surface area contributed by atoms with Crippen LogP contribution in [-0.4, -0.2) is 47.8 Å². The predicted molar refractivity (Wildman–Crippen MR) is 88.4 cm³/mol. The van der Waals surface area contributed by atoms with Gasteiger partial charge in [-0.05, 0) is 18.8 Å². The van der Waals surface area contributed by atoms with Gasteiger partial charge in [-0.15, -0.1) is 0 Å². The molecular formula is C18H32N2O2. The van der Waals surface area contributed by atoms with Gasteiger partial charge in [0.2, 0.25) is 11.8 Å². The Morgan fingerprint density at radius 1 is 1.27 bits per heavy atom. The Kier molecular flexibility index (Phi) is 6.27. The summed E-state index contributed by atoms with van der Waals surface area (Å²) in [6.07, 6.45) is 8.76. The third-order valence-corrected chi connectivity index (χ3v) is 5.43. The Morgan fingerprint density at radius 2 is 1.91 bits per heavy atom. The Labute approximate surface area is 135 Å². The van der Waals surface area contributed by atoms with E-state index in [1.165, 1.54) is 25.7 Å². The number of carbonyl (C=O) groups excluding carboxylic acids is 2. The van der Waals surface area contributed by atoms with Crippen molar-refractivity contribution in [2.75, 3.05) is 20.1 Å². The van der Waals surface area contributed by atoms with Crippen LogP contribution < -0.4 is 0 Å². The standard InChI is InChI=1S/C18H32N2O2/c1-4-14(2)12-19(3)18(22)15-11-17(21)20(13-15)16-9-7-5-6-8-10-16/h14-16H,4-13H2,1-3H3. The highest BCUT2D eigenvalue weighted by Crippen LogP contribution is 2.28. The Balaban J connectivity index is 1.91. The Bertz CT molecular complexity index is 389. The molecule has 2 fully saturated rings. The fourth-order valence-corrected chi connectivity index (χ4v) is 3.82. The van der Waals surface area contributed by atoms with Gasteiger partial charge in [-0.25, -0.2) is 0 Å². The minimum Gasteiger partial charge on any atom is -0.345 e. The van der Waals surface area contributed by atoms with Crippen LogP contribution in [0.1, 0.15) is 65.2 Å². The molecule has 2 amide bonds. The molecule has 0 spiro atoms. The van der Waals surface area contributed by atoms with E-state index in [1.54, 1.807) is 0 Å². The van der Waals surface area contributed by atoms with E-state index < -0.39 is 0 Å². The van der Waals surface area contributed by atoms with E-state index >= 15 is 0 Å². The van der Waals surface area contributed by atoms with Crippen molar-refractivity contribution in [3.8, 4) is 0 Å². The van der Waals surface area contributed by atoms with Crippen LogP contribution in [0.25, 0.3) is 0 Å². The minimum absolute atomic E-state index is 0.121. The lowest BCUT2D eigenvalue weighted by atomic mass is 10.0. The van der Waals surface area contributed by atoms with Crippen LogP contribution in [0.2, 0.25) is 0 Å². The lowest BCUT2D eigenvalue weighted by Crippen LogP contribution is -2.39. The molecule has 1 aliphatic carbocycles. The number of likely N-dealkylation sites (tertiary alicyclic amines) is 1. The molecular weight excluding hydrogens is 276 g/mol. The summed E-state index contributed by atoms with van der Waals surface area (Å²) in [4.78, 5) is 28.8. The van der Waals surface area contributed by atoms with Crippen molar-refractivity contribution in [3.63, 3.8) is 0 Å². The first kappa shape index (κ1) is 17.3. The van der Waals surface area contributed by atoms with Gasteiger partial charge in [-0.3, -0.25) is 9.59 Å². The SMILES string of the molecule is CCC(C)CN(C)C(=O)C1CC(=O)N(C2CCCCCC2)C1. The molecule has 1 aliphatic heterocycles. The molecule has 0 N–H and O–H groups in total. The Hall–Kier alpha value is -1.06. The van der Waals surface area contributed by atoms with E-state index in [1.807, 2.05) is 16.8 Å². The molecule has 0 aromatic heterocycles. The van der Waals surface area contributed by atoms with Crippen LogP contribution in [0.3, 0.4) is 0 Å². The zero-order valence-corrected chi connectivity index (χ0v) is 14.5. The first-order valence-corrected chi connectivity index (χ1v) is 9.07. The third kappa shape index (κ3) is 4.23. The van der Waals surface area contributed by atoms with E-state index in [9.17, 15) is 9.59 Å². The zero-order valence-electron chi connectivity index (χ0n) is 14.5. The molecule has 2 aliphatic rings. The summed E-state index contributed by atoms with van der Waals surface area (Å²) in [5.74, 6) is 0.751. The van der Waals surface area contributed by atoms with Crippen LogP contribution >= 0.6 is 0 Å². The smallest absolute Gasteiger partial charge is 0.227 e. The fraction of sp³-hybridized carbons (Fsp3) is 0.889. The molecule has 22 heavy (non-hydrogen) atoms. The highest BCUT2D eigenvalue weighted by atomic mass is 16.2. The fourth-order valence-electron chi connectivity index (χ4n) is 3.82. The van der Waals surface area contributed by atoms with Gasteiger partial charge in [0, 0.05) is 32.6 Å². The average Bonchev–Trinajstić information content (AvgIpc) is 2.73. The largest absolute Gasteiger partial charge is 0.345 e. The summed E-state index contributed by atoms with van der Waals surface area (Å²) in [5.41, 5.74) is 0. The van der Waals surface area contributed by atoms with Gasteiger partial charge in [-0.1, -0.05) is 46.0 Å². The van der Waals surface area contributed by atoms with Crippen molar-refractivity contribution in [1.29, 1.82) is 0 Å². The second-order valence-corrected chi connectivity index (χ2v) is 7.32. The maximum absolute atomic E-state index is 12.6. The number of carbonyl (C=O) groups is 2. The van der Waals surface area contributed by atoms with Gasteiger partial charge in [0.25, 0.3) is 0 Å². The first-order valence-electron chi connectivity index (χ1n) is 9.07. The lowest BCUT2D eigenvalue weighted by molar-refractivity contribution is -0.135. The van der Waals surface area contributed by atoms with Gasteiger partial charge in [0.05, 0.1) is 5.92 Å². The molecule has 4 heteroatoms. The second kappa shape index (κ2) is 7.98. The second-order valence-electron chi connectivity index (χ2n) is 7.32. The quantitative estimate of drug-likeness (QED) is 0.732. The normalized spacial score (nSPS) is 25.1. The molecule has 126 valence electrons. The molecule has 2 rings (SSSR count). The van der Waals surface area contributed by atoms with Crippen molar-refractivity contribution in [2.24, 2.45) is 11.8 Å². The van der Waals surface area contributed by atoms with Crippen molar-refractivity contribution in [3.05, 3.63) is 0 Å². The average molecular weight is 308 g/mol. The summed E-state index contributed by atoms with van der Waals surface area (Å²) in [6.45, 7) is 5.76. The minimum atomic E-state index is -0.121. The third-order valence-electron chi connectivity index (χ3n) is 5.43. The number of hydrogen-bond donors (Lipinski definition) is 0. The number of nitrogens with zero attached hydrogens (tertiary/aromatic N) is 2. The van der Waals surface area contributed by atoms with Gasteiger partial charge < -0.3 is 9.80 Å². The molecule has 0 radical (unpaired) electrons. The van der Waals surface area contributed by atoms with Gasteiger partial charge in [-0.2, -0.15) is 0 Å². The number of hydrogen-bond acceptors (Lipinski definition) is 2. The molecule has 2 unspecified atom stereocenters. The molecule has 2 atom stereocenters. The molecule has 0 aromatic rings. The van der Waals surface area contributed by atoms with Crippen molar-refractivity contribution >= 4 is 11.8 Å². The molecule has 0 bridgehead atoms. The summed E-state index contributed by atoms with van der Waals surface area (Å²) in [7, 11) is 1.88. The van der Waals surface area contributed by atoms with Crippen LogP contribution in [0.15, 0.2) is 0 Å². The van der Waals surface area contributed by atoms with E-state index in [2.05, 4.69) is 13.8 Å². The number of amides is 2. The van der Waals surface area contributed by atoms with Crippen LogP contribution in [0.4, 0.5) is 0 Å². The highest BCUT2D eigenvalue weighted by Gasteiger charge is 2.38. The van der Waals surface area contributed by atoms with Crippen LogP contribution in [-0.2, 0) is 9.59 Å². The van der Waals surface area contributed by atoms with E-state index in [-0.39, 0.29) is 17.7 Å².